The molecule has 100 valence electrons. The molecule has 1 aliphatic carbocycles. The predicted octanol–water partition coefficient (Wildman–Crippen LogP) is 2.63. The highest BCUT2D eigenvalue weighted by atomic mass is 16.2. The number of rotatable bonds is 8. The Labute approximate surface area is 105 Å². The summed E-state index contributed by atoms with van der Waals surface area (Å²) >= 11 is 0. The van der Waals surface area contributed by atoms with Gasteiger partial charge in [-0.15, -0.1) is 0 Å². The Kier molecular flexibility index (Phi) is 8.06. The van der Waals surface area contributed by atoms with Crippen molar-refractivity contribution in [1.82, 2.24) is 5.32 Å². The molecule has 0 bridgehead atoms. The summed E-state index contributed by atoms with van der Waals surface area (Å²) in [5.74, 6) is 0.872. The zero-order valence-electron chi connectivity index (χ0n) is 10.9. The van der Waals surface area contributed by atoms with Gasteiger partial charge in [0.05, 0.1) is 0 Å². The Hall–Kier alpha value is -0.570. The molecule has 17 heavy (non-hydrogen) atoms. The molecule has 1 saturated carbocycles. The lowest BCUT2D eigenvalue weighted by Gasteiger charge is -2.20. The number of nitrogens with one attached hydrogen (secondary N) is 1. The van der Waals surface area contributed by atoms with Gasteiger partial charge in [-0.2, -0.15) is 0 Å². The van der Waals surface area contributed by atoms with Gasteiger partial charge in [0.1, 0.15) is 0 Å². The molecule has 3 nitrogen and oxygen atoms in total. The first kappa shape index (κ1) is 14.5. The lowest BCUT2D eigenvalue weighted by atomic mass is 9.87. The third kappa shape index (κ3) is 7.37. The molecule has 0 atom stereocenters. The van der Waals surface area contributed by atoms with Crippen molar-refractivity contribution in [3.63, 3.8) is 0 Å². The van der Waals surface area contributed by atoms with Crippen LogP contribution in [-0.2, 0) is 4.79 Å². The molecule has 0 unspecified atom stereocenters. The fourth-order valence-electron chi connectivity index (χ4n) is 2.54. The second-order valence-corrected chi connectivity index (χ2v) is 5.20. The summed E-state index contributed by atoms with van der Waals surface area (Å²) in [5.41, 5.74) is 0. The van der Waals surface area contributed by atoms with E-state index < -0.39 is 0 Å². The van der Waals surface area contributed by atoms with Crippen molar-refractivity contribution in [2.45, 2.75) is 64.2 Å². The van der Waals surface area contributed by atoms with Crippen LogP contribution in [0.25, 0.3) is 0 Å². The Balaban J connectivity index is 1.93. The highest BCUT2D eigenvalue weighted by Crippen LogP contribution is 2.25. The van der Waals surface area contributed by atoms with Crippen molar-refractivity contribution in [3.8, 4) is 0 Å². The normalized spacial score (nSPS) is 17.0. The number of carbonyl (C=O) groups is 1. The first-order valence-electron chi connectivity index (χ1n) is 7.20. The minimum absolute atomic E-state index is 0.235. The van der Waals surface area contributed by atoms with E-state index in [1.807, 2.05) is 0 Å². The molecule has 0 spiro atoms. The van der Waals surface area contributed by atoms with E-state index in [1.165, 1.54) is 32.1 Å². The quantitative estimate of drug-likeness (QED) is 0.642. The zero-order valence-corrected chi connectivity index (χ0v) is 10.9. The fourth-order valence-corrected chi connectivity index (χ4v) is 2.54. The third-order valence-electron chi connectivity index (χ3n) is 3.61. The van der Waals surface area contributed by atoms with Gasteiger partial charge in [0.15, 0.2) is 0 Å². The van der Waals surface area contributed by atoms with Gasteiger partial charge in [-0.25, -0.2) is 0 Å². The van der Waals surface area contributed by atoms with E-state index in [1.54, 1.807) is 0 Å². The molecule has 1 rings (SSSR count). The molecular formula is C14H27NO2. The maximum absolute atomic E-state index is 11.6. The maximum atomic E-state index is 11.6. The largest absolute Gasteiger partial charge is 0.396 e. The molecule has 0 aliphatic heterocycles. The lowest BCUT2D eigenvalue weighted by molar-refractivity contribution is -0.122. The van der Waals surface area contributed by atoms with Crippen LogP contribution in [0.2, 0.25) is 0 Å². The van der Waals surface area contributed by atoms with Gasteiger partial charge in [0.2, 0.25) is 5.91 Å². The highest BCUT2D eigenvalue weighted by molar-refractivity contribution is 5.76. The van der Waals surface area contributed by atoms with E-state index >= 15 is 0 Å². The van der Waals surface area contributed by atoms with Crippen LogP contribution < -0.4 is 5.32 Å². The molecule has 0 aromatic rings. The summed E-state index contributed by atoms with van der Waals surface area (Å²) in [4.78, 5) is 11.6. The minimum Gasteiger partial charge on any atom is -0.396 e. The number of unbranched alkanes of at least 4 members (excludes halogenated alkanes) is 3. The van der Waals surface area contributed by atoms with Crippen molar-refractivity contribution >= 4 is 5.91 Å². The van der Waals surface area contributed by atoms with Crippen molar-refractivity contribution in [3.05, 3.63) is 0 Å². The molecule has 0 saturated heterocycles. The van der Waals surface area contributed by atoms with Gasteiger partial charge in [-0.1, -0.05) is 32.1 Å². The van der Waals surface area contributed by atoms with E-state index in [0.29, 0.717) is 5.92 Å². The number of aliphatic hydroxyl groups is 1. The monoisotopic (exact) mass is 241 g/mol. The van der Waals surface area contributed by atoms with Gasteiger partial charge < -0.3 is 10.4 Å². The third-order valence-corrected chi connectivity index (χ3v) is 3.61. The molecule has 1 fully saturated rings. The molecule has 1 aliphatic rings. The van der Waals surface area contributed by atoms with Crippen LogP contribution in [0.3, 0.4) is 0 Å². The summed E-state index contributed by atoms with van der Waals surface area (Å²) in [5, 5.41) is 11.6. The molecule has 0 aromatic heterocycles. The van der Waals surface area contributed by atoms with Crippen molar-refractivity contribution in [1.29, 1.82) is 0 Å². The number of hydrogen-bond acceptors (Lipinski definition) is 2. The second-order valence-electron chi connectivity index (χ2n) is 5.20. The fraction of sp³-hybridized carbons (Fsp3) is 0.929. The zero-order chi connectivity index (χ0) is 12.3. The number of aliphatic hydroxyl groups excluding tert-OH is 1. The molecule has 3 heteroatoms. The van der Waals surface area contributed by atoms with Crippen LogP contribution in [0, 0.1) is 5.92 Å². The maximum Gasteiger partial charge on any atom is 0.220 e. The number of amides is 1. The molecule has 0 radical (unpaired) electrons. The molecule has 1 amide bonds. The smallest absolute Gasteiger partial charge is 0.220 e. The standard InChI is InChI=1S/C14H27NO2/c16-11-7-2-1-6-10-15-14(17)12-13-8-4-3-5-9-13/h13,16H,1-12H2,(H,15,17). The average molecular weight is 241 g/mol. The Morgan fingerprint density at radius 1 is 1.06 bits per heavy atom. The molecule has 0 heterocycles. The number of carbonyl (C=O) groups excluding carboxylic acids is 1. The van der Waals surface area contributed by atoms with Crippen LogP contribution in [0.15, 0.2) is 0 Å². The summed E-state index contributed by atoms with van der Waals surface area (Å²) < 4.78 is 0. The van der Waals surface area contributed by atoms with Gasteiger partial charge in [0.25, 0.3) is 0 Å². The van der Waals surface area contributed by atoms with Crippen LogP contribution in [0.1, 0.15) is 64.2 Å². The van der Waals surface area contributed by atoms with Gasteiger partial charge in [0, 0.05) is 19.6 Å². The minimum atomic E-state index is 0.235. The van der Waals surface area contributed by atoms with Crippen molar-refractivity contribution < 1.29 is 9.90 Å². The van der Waals surface area contributed by atoms with E-state index in [-0.39, 0.29) is 12.5 Å². The Morgan fingerprint density at radius 2 is 1.76 bits per heavy atom. The van der Waals surface area contributed by atoms with Crippen molar-refractivity contribution in [2.24, 2.45) is 5.92 Å². The predicted molar refractivity (Wildman–Crippen MR) is 69.8 cm³/mol. The summed E-state index contributed by atoms with van der Waals surface area (Å²) in [6.07, 6.45) is 11.3. The van der Waals surface area contributed by atoms with Crippen molar-refractivity contribution in [2.75, 3.05) is 13.2 Å². The van der Waals surface area contributed by atoms with Crippen LogP contribution in [-0.4, -0.2) is 24.2 Å². The Morgan fingerprint density at radius 3 is 2.47 bits per heavy atom. The van der Waals surface area contributed by atoms with E-state index in [0.717, 1.165) is 38.6 Å². The summed E-state index contributed by atoms with van der Waals surface area (Å²) in [6, 6.07) is 0. The topological polar surface area (TPSA) is 49.3 Å². The SMILES string of the molecule is O=C(CC1CCCCC1)NCCCCCCO. The van der Waals surface area contributed by atoms with E-state index in [9.17, 15) is 4.79 Å². The van der Waals surface area contributed by atoms with E-state index in [2.05, 4.69) is 5.32 Å². The van der Waals surface area contributed by atoms with Gasteiger partial charge in [-0.05, 0) is 31.6 Å². The van der Waals surface area contributed by atoms with Crippen LogP contribution in [0.5, 0.6) is 0 Å². The second kappa shape index (κ2) is 9.46. The summed E-state index contributed by atoms with van der Waals surface area (Å²) in [7, 11) is 0. The molecular weight excluding hydrogens is 214 g/mol. The molecule has 2 N–H and O–H groups in total. The first-order chi connectivity index (χ1) is 8.33. The number of hydrogen-bond donors (Lipinski definition) is 2. The average Bonchev–Trinajstić information content (AvgIpc) is 2.35. The highest BCUT2D eigenvalue weighted by Gasteiger charge is 2.16. The summed E-state index contributed by atoms with van der Waals surface area (Å²) in [6.45, 7) is 1.09. The van der Waals surface area contributed by atoms with Crippen LogP contribution >= 0.6 is 0 Å². The molecule has 0 aromatic carbocycles. The van der Waals surface area contributed by atoms with Gasteiger partial charge >= 0.3 is 0 Å². The van der Waals surface area contributed by atoms with Crippen LogP contribution in [0.4, 0.5) is 0 Å². The van der Waals surface area contributed by atoms with E-state index in [4.69, 9.17) is 5.11 Å². The van der Waals surface area contributed by atoms with Gasteiger partial charge in [-0.3, -0.25) is 4.79 Å². The first-order valence-corrected chi connectivity index (χ1v) is 7.20. The Bertz CT molecular complexity index is 200. The lowest BCUT2D eigenvalue weighted by Crippen LogP contribution is -2.27.